The predicted molar refractivity (Wildman–Crippen MR) is 63.9 cm³/mol. The van der Waals surface area contributed by atoms with Crippen LogP contribution in [0, 0.1) is 23.2 Å². The van der Waals surface area contributed by atoms with E-state index < -0.39 is 0 Å². The van der Waals surface area contributed by atoms with Crippen LogP contribution >= 0.6 is 0 Å². The highest BCUT2D eigenvalue weighted by Gasteiger charge is 2.53. The molecule has 4 rings (SSSR count). The van der Waals surface area contributed by atoms with Gasteiger partial charge in [0.25, 0.3) is 0 Å². The number of Topliss-reactive ketones (excluding diaryl/α,β-unsaturated/α-hetero) is 1. The summed E-state index contributed by atoms with van der Waals surface area (Å²) in [5.41, 5.74) is 6.83. The summed E-state index contributed by atoms with van der Waals surface area (Å²) >= 11 is 0. The van der Waals surface area contributed by atoms with Gasteiger partial charge in [0.15, 0.2) is 0 Å². The highest BCUT2D eigenvalue weighted by molar-refractivity contribution is 5.75. The third kappa shape index (κ3) is 1.62. The van der Waals surface area contributed by atoms with E-state index >= 15 is 0 Å². The average molecular weight is 221 g/mol. The second-order valence-electron chi connectivity index (χ2n) is 6.75. The number of hydrogen-bond acceptors (Lipinski definition) is 2. The SMILES string of the molecule is CC(=O)CCC12CC3CC(C1)C(N)C(C3)C2. The Hall–Kier alpha value is -0.370. The fraction of sp³-hybridized carbons (Fsp3) is 0.929. The van der Waals surface area contributed by atoms with E-state index in [9.17, 15) is 4.79 Å². The van der Waals surface area contributed by atoms with E-state index in [1.54, 1.807) is 6.92 Å². The molecule has 0 radical (unpaired) electrons. The van der Waals surface area contributed by atoms with Crippen LogP contribution in [0.2, 0.25) is 0 Å². The summed E-state index contributed by atoms with van der Waals surface area (Å²) in [5, 5.41) is 0. The lowest BCUT2D eigenvalue weighted by atomic mass is 9.47. The van der Waals surface area contributed by atoms with Crippen molar-refractivity contribution in [3.63, 3.8) is 0 Å². The summed E-state index contributed by atoms with van der Waals surface area (Å²) in [7, 11) is 0. The van der Waals surface area contributed by atoms with Gasteiger partial charge < -0.3 is 10.5 Å². The van der Waals surface area contributed by atoms with Gasteiger partial charge in [-0.2, -0.15) is 0 Å². The first kappa shape index (κ1) is 10.8. The second kappa shape index (κ2) is 3.56. The van der Waals surface area contributed by atoms with E-state index in [4.69, 9.17) is 5.73 Å². The molecule has 2 atom stereocenters. The lowest BCUT2D eigenvalue weighted by Crippen LogP contribution is -2.56. The molecule has 90 valence electrons. The Labute approximate surface area is 98.0 Å². The third-order valence-corrected chi connectivity index (χ3v) is 5.48. The van der Waals surface area contributed by atoms with Crippen molar-refractivity contribution in [2.24, 2.45) is 28.9 Å². The van der Waals surface area contributed by atoms with Crippen molar-refractivity contribution in [1.29, 1.82) is 0 Å². The average Bonchev–Trinajstić information content (AvgIpc) is 2.22. The minimum atomic E-state index is 0.361. The molecule has 0 aliphatic heterocycles. The Kier molecular flexibility index (Phi) is 2.39. The van der Waals surface area contributed by atoms with E-state index in [-0.39, 0.29) is 0 Å². The molecule has 2 heteroatoms. The van der Waals surface area contributed by atoms with Gasteiger partial charge in [0.1, 0.15) is 5.78 Å². The summed E-state index contributed by atoms with van der Waals surface area (Å²) in [6.07, 6.45) is 8.70. The third-order valence-electron chi connectivity index (χ3n) is 5.48. The Morgan fingerprint density at radius 3 is 2.44 bits per heavy atom. The maximum Gasteiger partial charge on any atom is 0.129 e. The molecular weight excluding hydrogens is 198 g/mol. The molecule has 4 fully saturated rings. The van der Waals surface area contributed by atoms with Gasteiger partial charge in [-0.25, -0.2) is 0 Å². The predicted octanol–water partition coefficient (Wildman–Crippen LogP) is 2.51. The van der Waals surface area contributed by atoms with Crippen molar-refractivity contribution in [3.05, 3.63) is 0 Å². The Morgan fingerprint density at radius 1 is 1.25 bits per heavy atom. The van der Waals surface area contributed by atoms with E-state index in [0.29, 0.717) is 17.2 Å². The second-order valence-corrected chi connectivity index (χ2v) is 6.75. The maximum absolute atomic E-state index is 11.2. The number of ketones is 1. The van der Waals surface area contributed by atoms with Gasteiger partial charge in [0.05, 0.1) is 0 Å². The highest BCUT2D eigenvalue weighted by atomic mass is 16.1. The molecule has 0 heterocycles. The molecule has 2 nitrogen and oxygen atoms in total. The number of rotatable bonds is 3. The molecule has 0 aromatic heterocycles. The van der Waals surface area contributed by atoms with Gasteiger partial charge in [-0.15, -0.1) is 0 Å². The van der Waals surface area contributed by atoms with Crippen LogP contribution in [0.5, 0.6) is 0 Å². The van der Waals surface area contributed by atoms with Crippen LogP contribution in [0.1, 0.15) is 51.9 Å². The van der Waals surface area contributed by atoms with Crippen molar-refractivity contribution in [2.45, 2.75) is 57.9 Å². The minimum absolute atomic E-state index is 0.361. The van der Waals surface area contributed by atoms with Crippen LogP contribution in [0.3, 0.4) is 0 Å². The normalized spacial score (nSPS) is 49.6. The first-order valence-electron chi connectivity index (χ1n) is 6.83. The van der Waals surface area contributed by atoms with Crippen LogP contribution in [0.4, 0.5) is 0 Å². The molecular formula is C14H23NO. The molecule has 4 aliphatic rings. The zero-order chi connectivity index (χ0) is 11.3. The topological polar surface area (TPSA) is 43.1 Å². The zero-order valence-corrected chi connectivity index (χ0v) is 10.2. The molecule has 4 bridgehead atoms. The highest BCUT2D eigenvalue weighted by Crippen LogP contribution is 2.61. The first-order valence-corrected chi connectivity index (χ1v) is 6.83. The maximum atomic E-state index is 11.2. The largest absolute Gasteiger partial charge is 0.327 e. The molecule has 4 aliphatic carbocycles. The summed E-state index contributed by atoms with van der Waals surface area (Å²) in [6, 6.07) is 0.474. The number of carbonyl (C=O) groups excluding carboxylic acids is 1. The Morgan fingerprint density at radius 2 is 1.88 bits per heavy atom. The first-order chi connectivity index (χ1) is 7.58. The molecule has 2 unspecified atom stereocenters. The molecule has 2 N–H and O–H groups in total. The van der Waals surface area contributed by atoms with Gasteiger partial charge in [0, 0.05) is 12.5 Å². The van der Waals surface area contributed by atoms with E-state index in [0.717, 1.165) is 30.6 Å². The van der Waals surface area contributed by atoms with Gasteiger partial charge in [0.2, 0.25) is 0 Å². The van der Waals surface area contributed by atoms with Crippen LogP contribution in [0.25, 0.3) is 0 Å². The molecule has 0 aromatic rings. The lowest BCUT2D eigenvalue weighted by molar-refractivity contribution is -0.119. The van der Waals surface area contributed by atoms with Crippen molar-refractivity contribution in [3.8, 4) is 0 Å². The van der Waals surface area contributed by atoms with E-state index in [1.807, 2.05) is 0 Å². The van der Waals surface area contributed by atoms with Gasteiger partial charge in [-0.3, -0.25) is 0 Å². The summed E-state index contributed by atoms with van der Waals surface area (Å²) < 4.78 is 0. The van der Waals surface area contributed by atoms with Gasteiger partial charge >= 0.3 is 0 Å². The van der Waals surface area contributed by atoms with Crippen molar-refractivity contribution < 1.29 is 4.79 Å². The number of carbonyl (C=O) groups is 1. The smallest absolute Gasteiger partial charge is 0.129 e. The van der Waals surface area contributed by atoms with Crippen molar-refractivity contribution >= 4 is 5.78 Å². The molecule has 0 amide bonds. The van der Waals surface area contributed by atoms with Gasteiger partial charge in [-0.1, -0.05) is 0 Å². The molecule has 16 heavy (non-hydrogen) atoms. The minimum Gasteiger partial charge on any atom is -0.327 e. The lowest BCUT2D eigenvalue weighted by Gasteiger charge is -2.59. The van der Waals surface area contributed by atoms with Crippen LogP contribution in [0.15, 0.2) is 0 Å². The Bertz CT molecular complexity index is 296. The van der Waals surface area contributed by atoms with Crippen molar-refractivity contribution in [2.75, 3.05) is 0 Å². The molecule has 0 saturated heterocycles. The van der Waals surface area contributed by atoms with Gasteiger partial charge in [-0.05, 0) is 68.6 Å². The summed E-state index contributed by atoms with van der Waals surface area (Å²) in [6.45, 7) is 1.73. The van der Waals surface area contributed by atoms with E-state index in [2.05, 4.69) is 0 Å². The Balaban J connectivity index is 1.75. The summed E-state index contributed by atoms with van der Waals surface area (Å²) in [4.78, 5) is 11.2. The molecule has 0 spiro atoms. The number of hydrogen-bond donors (Lipinski definition) is 1. The fourth-order valence-corrected chi connectivity index (χ4v) is 4.98. The summed E-state index contributed by atoms with van der Waals surface area (Å²) in [5.74, 6) is 2.85. The monoisotopic (exact) mass is 221 g/mol. The quantitative estimate of drug-likeness (QED) is 0.795. The van der Waals surface area contributed by atoms with Crippen LogP contribution in [-0.2, 0) is 4.79 Å². The molecule has 4 saturated carbocycles. The molecule has 0 aromatic carbocycles. The fourth-order valence-electron chi connectivity index (χ4n) is 4.98. The van der Waals surface area contributed by atoms with Crippen LogP contribution in [-0.4, -0.2) is 11.8 Å². The van der Waals surface area contributed by atoms with Crippen molar-refractivity contribution in [1.82, 2.24) is 0 Å². The zero-order valence-electron chi connectivity index (χ0n) is 10.2. The van der Waals surface area contributed by atoms with E-state index in [1.165, 1.54) is 32.1 Å². The van der Waals surface area contributed by atoms with Crippen LogP contribution < -0.4 is 5.73 Å². The standard InChI is InChI=1S/C14H23NO/c1-9(16)2-3-14-6-10-4-11(7-14)13(15)12(5-10)8-14/h10-13H,2-8,15H2,1H3. The number of nitrogens with two attached hydrogens (primary N) is 1.